The molecule has 0 spiro atoms. The van der Waals surface area contributed by atoms with Crippen LogP contribution >= 0.6 is 15.9 Å². The Labute approximate surface area is 124 Å². The predicted octanol–water partition coefficient (Wildman–Crippen LogP) is 4.52. The van der Waals surface area contributed by atoms with Crippen molar-refractivity contribution >= 4 is 27.4 Å². The minimum Gasteiger partial charge on any atom is -0.367 e. The van der Waals surface area contributed by atoms with Crippen molar-refractivity contribution < 1.29 is 4.79 Å². The van der Waals surface area contributed by atoms with Crippen LogP contribution in [0.15, 0.2) is 22.7 Å². The molecular formula is C16H22BrNO. The lowest BCUT2D eigenvalue weighted by atomic mass is 9.85. The van der Waals surface area contributed by atoms with Crippen molar-refractivity contribution in [2.24, 2.45) is 11.8 Å². The Morgan fingerprint density at radius 3 is 2.58 bits per heavy atom. The molecule has 1 fully saturated rings. The van der Waals surface area contributed by atoms with Crippen LogP contribution in [0.3, 0.4) is 0 Å². The summed E-state index contributed by atoms with van der Waals surface area (Å²) in [6, 6.07) is 6.48. The van der Waals surface area contributed by atoms with Crippen LogP contribution in [-0.4, -0.2) is 18.4 Å². The van der Waals surface area contributed by atoms with Crippen LogP contribution in [0, 0.1) is 11.8 Å². The molecule has 3 atom stereocenters. The molecule has 0 saturated carbocycles. The van der Waals surface area contributed by atoms with Crippen LogP contribution in [0.5, 0.6) is 0 Å². The van der Waals surface area contributed by atoms with Gasteiger partial charge in [0.05, 0.1) is 5.69 Å². The molecule has 19 heavy (non-hydrogen) atoms. The van der Waals surface area contributed by atoms with Crippen LogP contribution in [0.4, 0.5) is 5.69 Å². The summed E-state index contributed by atoms with van der Waals surface area (Å²) in [6.07, 6.45) is 1.29. The first kappa shape index (κ1) is 14.6. The van der Waals surface area contributed by atoms with Crippen molar-refractivity contribution in [1.82, 2.24) is 0 Å². The number of ketones is 1. The maximum atomic E-state index is 11.4. The van der Waals surface area contributed by atoms with Crippen molar-refractivity contribution in [3.63, 3.8) is 0 Å². The standard InChI is InChI=1S/C16H22BrNO/c1-10-7-11(2)12(3)18(9-10)16-6-5-14(13(4)19)8-15(16)17/h5-6,8,10-12H,7,9H2,1-4H3. The molecular weight excluding hydrogens is 302 g/mol. The first-order chi connectivity index (χ1) is 8.90. The van der Waals surface area contributed by atoms with Crippen molar-refractivity contribution in [2.45, 2.75) is 40.2 Å². The monoisotopic (exact) mass is 323 g/mol. The summed E-state index contributed by atoms with van der Waals surface area (Å²) in [5.41, 5.74) is 1.97. The Morgan fingerprint density at radius 2 is 2.00 bits per heavy atom. The van der Waals surface area contributed by atoms with E-state index < -0.39 is 0 Å². The van der Waals surface area contributed by atoms with Gasteiger partial charge in [0.15, 0.2) is 5.78 Å². The van der Waals surface area contributed by atoms with Crippen molar-refractivity contribution in [2.75, 3.05) is 11.4 Å². The van der Waals surface area contributed by atoms with Gasteiger partial charge in [-0.05, 0) is 66.2 Å². The van der Waals surface area contributed by atoms with Crippen LogP contribution < -0.4 is 4.90 Å². The van der Waals surface area contributed by atoms with Gasteiger partial charge in [0.2, 0.25) is 0 Å². The zero-order valence-electron chi connectivity index (χ0n) is 12.1. The maximum Gasteiger partial charge on any atom is 0.159 e. The van der Waals surface area contributed by atoms with E-state index >= 15 is 0 Å². The number of anilines is 1. The van der Waals surface area contributed by atoms with Gasteiger partial charge in [-0.25, -0.2) is 0 Å². The lowest BCUT2D eigenvalue weighted by molar-refractivity contribution is 0.101. The zero-order chi connectivity index (χ0) is 14.2. The quantitative estimate of drug-likeness (QED) is 0.745. The highest BCUT2D eigenvalue weighted by Crippen LogP contribution is 2.35. The molecule has 1 heterocycles. The van der Waals surface area contributed by atoms with E-state index in [4.69, 9.17) is 0 Å². The number of Topliss-reactive ketones (excluding diaryl/α,β-unsaturated/α-hetero) is 1. The van der Waals surface area contributed by atoms with E-state index in [2.05, 4.69) is 47.7 Å². The highest BCUT2D eigenvalue weighted by atomic mass is 79.9. The number of nitrogens with zero attached hydrogens (tertiary/aromatic N) is 1. The van der Waals surface area contributed by atoms with Gasteiger partial charge in [0, 0.05) is 22.6 Å². The average molecular weight is 324 g/mol. The van der Waals surface area contributed by atoms with E-state index in [1.54, 1.807) is 6.92 Å². The molecule has 2 nitrogen and oxygen atoms in total. The third-order valence-corrected chi connectivity index (χ3v) is 4.90. The molecule has 1 aromatic carbocycles. The van der Waals surface area contributed by atoms with Gasteiger partial charge in [0.25, 0.3) is 0 Å². The topological polar surface area (TPSA) is 20.3 Å². The lowest BCUT2D eigenvalue weighted by Gasteiger charge is -2.43. The van der Waals surface area contributed by atoms with E-state index in [0.717, 1.165) is 16.6 Å². The molecule has 2 rings (SSSR count). The predicted molar refractivity (Wildman–Crippen MR) is 83.9 cm³/mol. The average Bonchev–Trinajstić information content (AvgIpc) is 2.33. The van der Waals surface area contributed by atoms with Crippen LogP contribution in [-0.2, 0) is 0 Å². The van der Waals surface area contributed by atoms with Gasteiger partial charge in [-0.15, -0.1) is 0 Å². The second kappa shape index (κ2) is 5.66. The largest absolute Gasteiger partial charge is 0.367 e. The Balaban J connectivity index is 2.32. The fourth-order valence-corrected chi connectivity index (χ4v) is 3.60. The summed E-state index contributed by atoms with van der Waals surface area (Å²) < 4.78 is 1.02. The van der Waals surface area contributed by atoms with Gasteiger partial charge in [0.1, 0.15) is 0 Å². The van der Waals surface area contributed by atoms with Crippen LogP contribution in [0.25, 0.3) is 0 Å². The van der Waals surface area contributed by atoms with Crippen molar-refractivity contribution in [1.29, 1.82) is 0 Å². The molecule has 1 aromatic rings. The van der Waals surface area contributed by atoms with Gasteiger partial charge >= 0.3 is 0 Å². The number of carbonyl (C=O) groups excluding carboxylic acids is 1. The summed E-state index contributed by atoms with van der Waals surface area (Å²) in [6.45, 7) is 9.62. The first-order valence-corrected chi connectivity index (χ1v) is 7.76. The molecule has 0 bridgehead atoms. The second-order valence-corrected chi connectivity index (χ2v) is 6.79. The Morgan fingerprint density at radius 1 is 1.32 bits per heavy atom. The smallest absolute Gasteiger partial charge is 0.159 e. The SMILES string of the molecule is CC(=O)c1ccc(N2CC(C)CC(C)C2C)c(Br)c1. The molecule has 3 heteroatoms. The van der Waals surface area contributed by atoms with E-state index in [1.807, 2.05) is 12.1 Å². The normalized spacial score (nSPS) is 27.4. The van der Waals surface area contributed by atoms with Gasteiger partial charge in [-0.3, -0.25) is 4.79 Å². The molecule has 0 amide bonds. The second-order valence-electron chi connectivity index (χ2n) is 5.93. The summed E-state index contributed by atoms with van der Waals surface area (Å²) in [5.74, 6) is 1.52. The third kappa shape index (κ3) is 3.02. The number of hydrogen-bond donors (Lipinski definition) is 0. The Hall–Kier alpha value is -0.830. The maximum absolute atomic E-state index is 11.4. The van der Waals surface area contributed by atoms with Gasteiger partial charge in [-0.2, -0.15) is 0 Å². The summed E-state index contributed by atoms with van der Waals surface area (Å²) in [5, 5.41) is 0. The number of hydrogen-bond acceptors (Lipinski definition) is 2. The highest BCUT2D eigenvalue weighted by Gasteiger charge is 2.29. The number of carbonyl (C=O) groups is 1. The number of halogens is 1. The van der Waals surface area contributed by atoms with Gasteiger partial charge < -0.3 is 4.90 Å². The first-order valence-electron chi connectivity index (χ1n) is 6.97. The minimum absolute atomic E-state index is 0.112. The lowest BCUT2D eigenvalue weighted by Crippen LogP contribution is -2.46. The molecule has 1 saturated heterocycles. The van der Waals surface area contributed by atoms with E-state index in [9.17, 15) is 4.79 Å². The molecule has 3 unspecified atom stereocenters. The van der Waals surface area contributed by atoms with E-state index in [-0.39, 0.29) is 5.78 Å². The summed E-state index contributed by atoms with van der Waals surface area (Å²) in [7, 11) is 0. The number of rotatable bonds is 2. The van der Waals surface area contributed by atoms with Crippen LogP contribution in [0.2, 0.25) is 0 Å². The Kier molecular flexibility index (Phi) is 4.34. The van der Waals surface area contributed by atoms with Crippen LogP contribution in [0.1, 0.15) is 44.5 Å². The fraction of sp³-hybridized carbons (Fsp3) is 0.562. The summed E-state index contributed by atoms with van der Waals surface area (Å²) >= 11 is 3.62. The number of benzene rings is 1. The van der Waals surface area contributed by atoms with Crippen molar-refractivity contribution in [3.8, 4) is 0 Å². The molecule has 0 N–H and O–H groups in total. The fourth-order valence-electron chi connectivity index (χ4n) is 2.99. The number of piperidine rings is 1. The zero-order valence-corrected chi connectivity index (χ0v) is 13.7. The van der Waals surface area contributed by atoms with Crippen molar-refractivity contribution in [3.05, 3.63) is 28.2 Å². The molecule has 1 aliphatic heterocycles. The molecule has 0 aromatic heterocycles. The highest BCUT2D eigenvalue weighted by molar-refractivity contribution is 9.10. The molecule has 1 aliphatic rings. The molecule has 0 radical (unpaired) electrons. The van der Waals surface area contributed by atoms with Gasteiger partial charge in [-0.1, -0.05) is 13.8 Å². The third-order valence-electron chi connectivity index (χ3n) is 4.26. The van der Waals surface area contributed by atoms with E-state index in [0.29, 0.717) is 17.9 Å². The molecule has 0 aliphatic carbocycles. The summed E-state index contributed by atoms with van der Waals surface area (Å²) in [4.78, 5) is 13.9. The Bertz CT molecular complexity index is 486. The minimum atomic E-state index is 0.112. The molecule has 104 valence electrons. The van der Waals surface area contributed by atoms with E-state index in [1.165, 1.54) is 12.1 Å².